The van der Waals surface area contributed by atoms with Gasteiger partial charge in [-0.05, 0) is 65.8 Å². The highest BCUT2D eigenvalue weighted by atomic mass is 79.9. The molecule has 2 fully saturated rings. The predicted octanol–water partition coefficient (Wildman–Crippen LogP) is 2.49. The van der Waals surface area contributed by atoms with Crippen molar-refractivity contribution in [3.8, 4) is 0 Å². The van der Waals surface area contributed by atoms with Gasteiger partial charge in [0.15, 0.2) is 0 Å². The van der Waals surface area contributed by atoms with Crippen molar-refractivity contribution in [3.05, 3.63) is 22.8 Å². The second-order valence-corrected chi connectivity index (χ2v) is 8.08. The quantitative estimate of drug-likeness (QED) is 0.842. The van der Waals surface area contributed by atoms with Crippen LogP contribution in [-0.2, 0) is 4.79 Å². The molecule has 0 aromatic carbocycles. The van der Waals surface area contributed by atoms with E-state index in [4.69, 9.17) is 0 Å². The second-order valence-electron chi connectivity index (χ2n) is 7.16. The number of halogens is 1. The summed E-state index contributed by atoms with van der Waals surface area (Å²) in [7, 11) is 0. The lowest BCUT2D eigenvalue weighted by Gasteiger charge is -2.37. The van der Waals surface area contributed by atoms with Crippen LogP contribution in [0.1, 0.15) is 26.2 Å². The molecule has 1 aromatic rings. The van der Waals surface area contributed by atoms with Crippen molar-refractivity contribution >= 4 is 27.7 Å². The van der Waals surface area contributed by atoms with E-state index in [1.165, 1.54) is 6.42 Å². The molecular weight excluding hydrogens is 356 g/mol. The molecule has 3 heterocycles. The third kappa shape index (κ3) is 4.52. The Bertz CT molecular complexity index is 542. The molecule has 1 amide bonds. The molecule has 2 saturated heterocycles. The lowest BCUT2D eigenvalue weighted by atomic mass is 9.87. The van der Waals surface area contributed by atoms with Crippen molar-refractivity contribution in [2.75, 3.05) is 38.0 Å². The number of likely N-dealkylation sites (tertiary alicyclic amines) is 1. The van der Waals surface area contributed by atoms with E-state index in [1.807, 2.05) is 12.1 Å². The van der Waals surface area contributed by atoms with Gasteiger partial charge in [-0.1, -0.05) is 6.92 Å². The Hall–Kier alpha value is -0.980. The fraction of sp³-hybridized carbons (Fsp3) is 0.647. The normalized spacial score (nSPS) is 28.7. The molecule has 0 aliphatic carbocycles. The van der Waals surface area contributed by atoms with E-state index >= 15 is 0 Å². The molecule has 23 heavy (non-hydrogen) atoms. The maximum atomic E-state index is 12.5. The number of rotatable bonds is 4. The first-order valence-electron chi connectivity index (χ1n) is 8.40. The van der Waals surface area contributed by atoms with Gasteiger partial charge in [0.05, 0.1) is 5.92 Å². The van der Waals surface area contributed by atoms with Crippen LogP contribution in [0.15, 0.2) is 22.8 Å². The van der Waals surface area contributed by atoms with Crippen LogP contribution in [0.25, 0.3) is 0 Å². The summed E-state index contributed by atoms with van der Waals surface area (Å²) in [6, 6.07) is 3.72. The summed E-state index contributed by atoms with van der Waals surface area (Å²) in [5.74, 6) is 0.786. The zero-order chi connectivity index (χ0) is 16.3. The zero-order valence-corrected chi connectivity index (χ0v) is 15.2. The number of amides is 1. The Morgan fingerprint density at radius 3 is 3.13 bits per heavy atom. The highest BCUT2D eigenvalue weighted by Gasteiger charge is 2.33. The van der Waals surface area contributed by atoms with Crippen LogP contribution in [0.4, 0.5) is 5.82 Å². The van der Waals surface area contributed by atoms with E-state index in [1.54, 1.807) is 6.20 Å². The van der Waals surface area contributed by atoms with Crippen LogP contribution in [0, 0.1) is 11.3 Å². The molecule has 2 aliphatic heterocycles. The minimum Gasteiger partial charge on any atom is -0.316 e. The molecule has 126 valence electrons. The van der Waals surface area contributed by atoms with Crippen LogP contribution in [0.3, 0.4) is 0 Å². The lowest BCUT2D eigenvalue weighted by molar-refractivity contribution is -0.121. The van der Waals surface area contributed by atoms with Crippen LogP contribution in [0.2, 0.25) is 0 Å². The number of nitrogens with one attached hydrogen (secondary N) is 2. The number of carbonyl (C=O) groups is 1. The molecule has 0 spiro atoms. The van der Waals surface area contributed by atoms with Gasteiger partial charge in [-0.15, -0.1) is 0 Å². The Morgan fingerprint density at radius 2 is 2.43 bits per heavy atom. The molecule has 2 unspecified atom stereocenters. The van der Waals surface area contributed by atoms with Gasteiger partial charge >= 0.3 is 0 Å². The fourth-order valence-electron chi connectivity index (χ4n) is 3.63. The number of hydrogen-bond donors (Lipinski definition) is 2. The van der Waals surface area contributed by atoms with Crippen molar-refractivity contribution in [3.63, 3.8) is 0 Å². The summed E-state index contributed by atoms with van der Waals surface area (Å²) in [5, 5.41) is 6.41. The van der Waals surface area contributed by atoms with Crippen LogP contribution in [-0.4, -0.2) is 48.5 Å². The van der Waals surface area contributed by atoms with Gasteiger partial charge < -0.3 is 15.5 Å². The summed E-state index contributed by atoms with van der Waals surface area (Å²) < 4.78 is 0.915. The molecule has 6 heteroatoms. The van der Waals surface area contributed by atoms with Gasteiger partial charge in [-0.3, -0.25) is 4.79 Å². The molecule has 5 nitrogen and oxygen atoms in total. The number of carbonyl (C=O) groups excluding carboxylic acids is 1. The predicted molar refractivity (Wildman–Crippen MR) is 95.3 cm³/mol. The third-order valence-electron chi connectivity index (χ3n) is 4.92. The number of piperidine rings is 1. The summed E-state index contributed by atoms with van der Waals surface area (Å²) in [6.45, 7) is 7.60. The molecule has 2 N–H and O–H groups in total. The molecular formula is C17H25BrN4O. The van der Waals surface area contributed by atoms with E-state index in [0.717, 1.165) is 50.0 Å². The SMILES string of the molecule is CC1(CN2CCCC(C(=O)Nc3ccc(Br)cn3)C2)CCNC1. The minimum absolute atomic E-state index is 0.0622. The Morgan fingerprint density at radius 1 is 1.57 bits per heavy atom. The van der Waals surface area contributed by atoms with E-state index in [-0.39, 0.29) is 11.8 Å². The Kier molecular flexibility index (Phi) is 5.34. The number of nitrogens with zero attached hydrogens (tertiary/aromatic N) is 2. The summed E-state index contributed by atoms with van der Waals surface area (Å²) in [5.41, 5.74) is 0.353. The van der Waals surface area contributed by atoms with Gasteiger partial charge in [-0.25, -0.2) is 4.98 Å². The van der Waals surface area contributed by atoms with Crippen molar-refractivity contribution in [1.82, 2.24) is 15.2 Å². The van der Waals surface area contributed by atoms with Gasteiger partial charge in [0.2, 0.25) is 5.91 Å². The molecule has 1 aromatic heterocycles. The first-order chi connectivity index (χ1) is 11.0. The third-order valence-corrected chi connectivity index (χ3v) is 5.39. The smallest absolute Gasteiger partial charge is 0.229 e. The number of aromatic nitrogens is 1. The molecule has 0 radical (unpaired) electrons. The lowest BCUT2D eigenvalue weighted by Crippen LogP contribution is -2.45. The zero-order valence-electron chi connectivity index (χ0n) is 13.6. The van der Waals surface area contributed by atoms with Crippen molar-refractivity contribution in [2.24, 2.45) is 11.3 Å². The highest BCUT2D eigenvalue weighted by Crippen LogP contribution is 2.28. The van der Waals surface area contributed by atoms with Crippen molar-refractivity contribution < 1.29 is 4.79 Å². The second kappa shape index (κ2) is 7.28. The van der Waals surface area contributed by atoms with Gasteiger partial charge in [0, 0.05) is 30.3 Å². The average Bonchev–Trinajstić information content (AvgIpc) is 2.96. The standard InChI is InChI=1S/C17H25BrN4O/c1-17(6-7-19-11-17)12-22-8-2-3-13(10-22)16(23)21-15-5-4-14(18)9-20-15/h4-5,9,13,19H,2-3,6-8,10-12H2,1H3,(H,20,21,23). The van der Waals surface area contributed by atoms with Crippen molar-refractivity contribution in [1.29, 1.82) is 0 Å². The minimum atomic E-state index is 0.0622. The molecule has 0 saturated carbocycles. The van der Waals surface area contributed by atoms with E-state index < -0.39 is 0 Å². The molecule has 2 aliphatic rings. The first-order valence-corrected chi connectivity index (χ1v) is 9.19. The number of hydrogen-bond acceptors (Lipinski definition) is 4. The van der Waals surface area contributed by atoms with Gasteiger partial charge in [-0.2, -0.15) is 0 Å². The maximum absolute atomic E-state index is 12.5. The Balaban J connectivity index is 1.55. The number of anilines is 1. The first kappa shape index (κ1) is 16.9. The topological polar surface area (TPSA) is 57.3 Å². The fourth-order valence-corrected chi connectivity index (χ4v) is 3.87. The van der Waals surface area contributed by atoms with E-state index in [2.05, 4.69) is 43.4 Å². The maximum Gasteiger partial charge on any atom is 0.229 e. The molecule has 3 rings (SSSR count). The van der Waals surface area contributed by atoms with E-state index in [9.17, 15) is 4.79 Å². The van der Waals surface area contributed by atoms with Gasteiger partial charge in [0.1, 0.15) is 5.82 Å². The molecule has 0 bridgehead atoms. The van der Waals surface area contributed by atoms with Crippen LogP contribution >= 0.6 is 15.9 Å². The van der Waals surface area contributed by atoms with Crippen LogP contribution < -0.4 is 10.6 Å². The van der Waals surface area contributed by atoms with Gasteiger partial charge in [0.25, 0.3) is 0 Å². The summed E-state index contributed by atoms with van der Waals surface area (Å²) in [4.78, 5) is 19.2. The van der Waals surface area contributed by atoms with Crippen molar-refractivity contribution in [2.45, 2.75) is 26.2 Å². The number of pyridine rings is 1. The summed E-state index contributed by atoms with van der Waals surface area (Å²) >= 11 is 3.36. The molecule has 2 atom stereocenters. The monoisotopic (exact) mass is 380 g/mol. The average molecular weight is 381 g/mol. The largest absolute Gasteiger partial charge is 0.316 e. The van der Waals surface area contributed by atoms with Crippen LogP contribution in [0.5, 0.6) is 0 Å². The van der Waals surface area contributed by atoms with E-state index in [0.29, 0.717) is 11.2 Å². The summed E-state index contributed by atoms with van der Waals surface area (Å²) in [6.07, 6.45) is 4.99. The highest BCUT2D eigenvalue weighted by molar-refractivity contribution is 9.10. The Labute approximate surface area is 146 Å².